The summed E-state index contributed by atoms with van der Waals surface area (Å²) in [5, 5.41) is 2.82. The van der Waals surface area contributed by atoms with Gasteiger partial charge in [0.05, 0.1) is 11.1 Å². The first-order valence-corrected chi connectivity index (χ1v) is 9.80. The Bertz CT molecular complexity index is 1150. The number of carbonyl (C=O) groups excluding carboxylic acids is 1. The molecule has 28 heavy (non-hydrogen) atoms. The number of ether oxygens (including phenoxy) is 1. The third-order valence-electron chi connectivity index (χ3n) is 4.34. The molecule has 1 aromatic heterocycles. The Labute approximate surface area is 165 Å². The van der Waals surface area contributed by atoms with Crippen molar-refractivity contribution in [1.29, 1.82) is 0 Å². The average Bonchev–Trinajstić information content (AvgIpc) is 3.30. The molecule has 1 amide bonds. The van der Waals surface area contributed by atoms with Crippen LogP contribution in [0.5, 0.6) is 5.75 Å². The fourth-order valence-electron chi connectivity index (χ4n) is 2.88. The number of hydrogen-bond donors (Lipinski definition) is 1. The summed E-state index contributed by atoms with van der Waals surface area (Å²) < 4.78 is 7.91. The van der Waals surface area contributed by atoms with Crippen LogP contribution in [0.2, 0.25) is 0 Å². The zero-order valence-corrected chi connectivity index (χ0v) is 15.9. The molecule has 1 aliphatic rings. The Morgan fingerprint density at radius 2 is 1.96 bits per heavy atom. The highest BCUT2D eigenvalue weighted by Crippen LogP contribution is 2.12. The van der Waals surface area contributed by atoms with Gasteiger partial charge in [0.25, 0.3) is 11.5 Å². The maximum absolute atomic E-state index is 12.3. The SMILES string of the molecule is O=C(COc1ccc(C=c2sc3n(c2=O)CCN=3)cc1)NCc1ccccc1. The average molecular weight is 393 g/mol. The smallest absolute Gasteiger partial charge is 0.270 e. The summed E-state index contributed by atoms with van der Waals surface area (Å²) in [7, 11) is 0. The molecule has 0 saturated carbocycles. The number of fused-ring (bicyclic) bond motifs is 1. The standard InChI is InChI=1S/C21H19N3O3S/c25-19(23-13-16-4-2-1-3-5-16)14-27-17-8-6-15(7-9-17)12-18-20(26)24-11-10-22-21(24)28-18/h1-9,12H,10-11,13-14H2,(H,23,25). The number of nitrogens with zero attached hydrogens (tertiary/aromatic N) is 2. The molecule has 1 N–H and O–H groups in total. The van der Waals surface area contributed by atoms with Gasteiger partial charge in [-0.05, 0) is 29.3 Å². The molecule has 0 aliphatic carbocycles. The van der Waals surface area contributed by atoms with E-state index in [0.29, 0.717) is 29.9 Å². The number of amides is 1. The van der Waals surface area contributed by atoms with E-state index in [-0.39, 0.29) is 18.1 Å². The molecule has 0 unspecified atom stereocenters. The first-order chi connectivity index (χ1) is 13.7. The first-order valence-electron chi connectivity index (χ1n) is 8.98. The van der Waals surface area contributed by atoms with Crippen molar-refractivity contribution >= 4 is 23.3 Å². The normalized spacial score (nSPS) is 13.1. The predicted molar refractivity (Wildman–Crippen MR) is 108 cm³/mol. The summed E-state index contributed by atoms with van der Waals surface area (Å²) in [6.45, 7) is 1.78. The second kappa shape index (κ2) is 8.22. The van der Waals surface area contributed by atoms with Gasteiger partial charge in [0.15, 0.2) is 11.4 Å². The summed E-state index contributed by atoms with van der Waals surface area (Å²) in [6.07, 6.45) is 1.85. The molecule has 0 bridgehead atoms. The van der Waals surface area contributed by atoms with Gasteiger partial charge in [-0.25, -0.2) is 0 Å². The van der Waals surface area contributed by atoms with Crippen LogP contribution in [0, 0.1) is 0 Å². The van der Waals surface area contributed by atoms with E-state index in [1.165, 1.54) is 11.3 Å². The van der Waals surface area contributed by atoms with E-state index in [9.17, 15) is 9.59 Å². The summed E-state index contributed by atoms with van der Waals surface area (Å²) in [5.41, 5.74) is 1.95. The van der Waals surface area contributed by atoms with Gasteiger partial charge in [-0.3, -0.25) is 19.1 Å². The van der Waals surface area contributed by atoms with Gasteiger partial charge in [-0.2, -0.15) is 0 Å². The maximum Gasteiger partial charge on any atom is 0.270 e. The van der Waals surface area contributed by atoms with Gasteiger partial charge in [0.1, 0.15) is 5.75 Å². The second-order valence-electron chi connectivity index (χ2n) is 6.35. The number of hydrogen-bond acceptors (Lipinski definition) is 5. The largest absolute Gasteiger partial charge is 0.484 e. The van der Waals surface area contributed by atoms with Crippen molar-refractivity contribution in [1.82, 2.24) is 9.88 Å². The van der Waals surface area contributed by atoms with Gasteiger partial charge in [0.2, 0.25) is 0 Å². The number of aromatic nitrogens is 1. The van der Waals surface area contributed by atoms with E-state index >= 15 is 0 Å². The molecule has 0 fully saturated rings. The lowest BCUT2D eigenvalue weighted by atomic mass is 10.2. The molecule has 0 atom stereocenters. The van der Waals surface area contributed by atoms with Crippen LogP contribution in [0.1, 0.15) is 11.1 Å². The van der Waals surface area contributed by atoms with Crippen molar-refractivity contribution < 1.29 is 9.53 Å². The molecule has 1 aliphatic heterocycles. The van der Waals surface area contributed by atoms with E-state index in [0.717, 1.165) is 15.9 Å². The van der Waals surface area contributed by atoms with E-state index in [1.807, 2.05) is 48.5 Å². The van der Waals surface area contributed by atoms with Crippen molar-refractivity contribution in [2.45, 2.75) is 13.1 Å². The number of nitrogens with one attached hydrogen (secondary N) is 1. The number of carbonyl (C=O) groups is 1. The number of rotatable bonds is 6. The predicted octanol–water partition coefficient (Wildman–Crippen LogP) is 1.07. The van der Waals surface area contributed by atoms with Crippen molar-refractivity contribution in [2.24, 2.45) is 4.99 Å². The molecule has 142 valence electrons. The van der Waals surface area contributed by atoms with Crippen LogP contribution >= 0.6 is 11.3 Å². The quantitative estimate of drug-likeness (QED) is 0.681. The van der Waals surface area contributed by atoms with Crippen molar-refractivity contribution in [3.63, 3.8) is 0 Å². The molecule has 7 heteroatoms. The molecular weight excluding hydrogens is 374 g/mol. The van der Waals surface area contributed by atoms with E-state index in [2.05, 4.69) is 10.3 Å². The van der Waals surface area contributed by atoms with Gasteiger partial charge < -0.3 is 10.1 Å². The maximum atomic E-state index is 12.3. The summed E-state index contributed by atoms with van der Waals surface area (Å²) in [6, 6.07) is 17.0. The van der Waals surface area contributed by atoms with E-state index < -0.39 is 0 Å². The fraction of sp³-hybridized carbons (Fsp3) is 0.190. The molecule has 3 aromatic rings. The molecule has 0 spiro atoms. The highest BCUT2D eigenvalue weighted by molar-refractivity contribution is 7.07. The molecule has 0 radical (unpaired) electrons. The Kier molecular flexibility index (Phi) is 5.34. The molecule has 6 nitrogen and oxygen atoms in total. The monoisotopic (exact) mass is 393 g/mol. The zero-order valence-electron chi connectivity index (χ0n) is 15.1. The summed E-state index contributed by atoms with van der Waals surface area (Å²) >= 11 is 1.41. The molecule has 2 heterocycles. The lowest BCUT2D eigenvalue weighted by Gasteiger charge is -2.07. The summed E-state index contributed by atoms with van der Waals surface area (Å²) in [5.74, 6) is 0.428. The van der Waals surface area contributed by atoms with Crippen LogP contribution in [0.3, 0.4) is 0 Å². The molecule has 0 saturated heterocycles. The number of thiazole rings is 1. The highest BCUT2D eigenvalue weighted by atomic mass is 32.1. The van der Waals surface area contributed by atoms with Crippen LogP contribution in [0.15, 0.2) is 64.4 Å². The Morgan fingerprint density at radius 3 is 2.71 bits per heavy atom. The van der Waals surface area contributed by atoms with Crippen LogP contribution in [-0.2, 0) is 17.9 Å². The van der Waals surface area contributed by atoms with Crippen molar-refractivity contribution in [3.8, 4) is 5.75 Å². The van der Waals surface area contributed by atoms with Crippen molar-refractivity contribution in [2.75, 3.05) is 13.2 Å². The Morgan fingerprint density at radius 1 is 1.18 bits per heavy atom. The lowest BCUT2D eigenvalue weighted by molar-refractivity contribution is -0.123. The number of benzene rings is 2. The van der Waals surface area contributed by atoms with Gasteiger partial charge >= 0.3 is 0 Å². The van der Waals surface area contributed by atoms with Gasteiger partial charge in [-0.1, -0.05) is 53.8 Å². The second-order valence-corrected chi connectivity index (χ2v) is 7.36. The summed E-state index contributed by atoms with van der Waals surface area (Å²) in [4.78, 5) is 29.3. The van der Waals surface area contributed by atoms with Gasteiger partial charge in [0, 0.05) is 13.1 Å². The fourth-order valence-corrected chi connectivity index (χ4v) is 3.91. The third-order valence-corrected chi connectivity index (χ3v) is 5.38. The van der Waals surface area contributed by atoms with Gasteiger partial charge in [-0.15, -0.1) is 0 Å². The minimum atomic E-state index is -0.177. The van der Waals surface area contributed by atoms with E-state index in [1.54, 1.807) is 16.7 Å². The minimum Gasteiger partial charge on any atom is -0.484 e. The van der Waals surface area contributed by atoms with Crippen LogP contribution in [0.4, 0.5) is 0 Å². The third kappa shape index (κ3) is 4.20. The Balaban J connectivity index is 1.34. The highest BCUT2D eigenvalue weighted by Gasteiger charge is 2.09. The molecule has 4 rings (SSSR count). The van der Waals surface area contributed by atoms with E-state index in [4.69, 9.17) is 4.74 Å². The lowest BCUT2D eigenvalue weighted by Crippen LogP contribution is -2.29. The van der Waals surface area contributed by atoms with Crippen LogP contribution < -0.4 is 24.9 Å². The van der Waals surface area contributed by atoms with Crippen LogP contribution in [0.25, 0.3) is 6.08 Å². The zero-order chi connectivity index (χ0) is 19.3. The topological polar surface area (TPSA) is 72.7 Å². The first kappa shape index (κ1) is 18.2. The Hall–Kier alpha value is -3.19. The molecule has 2 aromatic carbocycles. The van der Waals surface area contributed by atoms with Crippen molar-refractivity contribution in [3.05, 3.63) is 85.4 Å². The van der Waals surface area contributed by atoms with Crippen LogP contribution in [-0.4, -0.2) is 23.6 Å². The molecular formula is C21H19N3O3S. The minimum absolute atomic E-state index is 0.0108.